The Morgan fingerprint density at radius 1 is 1.19 bits per heavy atom. The highest BCUT2D eigenvalue weighted by Crippen LogP contribution is 2.41. The van der Waals surface area contributed by atoms with Crippen LogP contribution in [-0.2, 0) is 20.7 Å². The van der Waals surface area contributed by atoms with E-state index in [1.165, 1.54) is 11.3 Å². The van der Waals surface area contributed by atoms with Crippen molar-refractivity contribution < 1.29 is 24.2 Å². The van der Waals surface area contributed by atoms with Crippen LogP contribution in [0.4, 0.5) is 0 Å². The molecule has 2 fully saturated rings. The molecule has 0 spiro atoms. The fourth-order valence-corrected chi connectivity index (χ4v) is 5.50. The molecule has 0 radical (unpaired) electrons. The van der Waals surface area contributed by atoms with E-state index >= 15 is 0 Å². The van der Waals surface area contributed by atoms with E-state index in [4.69, 9.17) is 9.47 Å². The molecule has 4 heterocycles. The van der Waals surface area contributed by atoms with Crippen molar-refractivity contribution in [2.24, 2.45) is 0 Å². The first-order chi connectivity index (χ1) is 15.5. The number of nitrogens with zero attached hydrogens (tertiary/aromatic N) is 2. The van der Waals surface area contributed by atoms with Crippen molar-refractivity contribution in [3.05, 3.63) is 57.3 Å². The third-order valence-corrected chi connectivity index (χ3v) is 7.21. The molecule has 0 aliphatic carbocycles. The summed E-state index contributed by atoms with van der Waals surface area (Å²) in [5.74, 6) is -0.517. The molecular formula is C24H26N2O5S. The van der Waals surface area contributed by atoms with Gasteiger partial charge in [-0.3, -0.25) is 14.5 Å². The minimum Gasteiger partial charge on any atom is -0.507 e. The van der Waals surface area contributed by atoms with E-state index in [1.807, 2.05) is 36.6 Å². The molecule has 7 nitrogen and oxygen atoms in total. The summed E-state index contributed by atoms with van der Waals surface area (Å²) in [6, 6.07) is 8.66. The molecule has 2 atom stereocenters. The van der Waals surface area contributed by atoms with Crippen molar-refractivity contribution in [1.29, 1.82) is 0 Å². The number of fused-ring (bicyclic) bond motifs is 1. The molecule has 1 aromatic heterocycles. The van der Waals surface area contributed by atoms with Gasteiger partial charge in [-0.1, -0.05) is 6.07 Å². The van der Waals surface area contributed by atoms with Gasteiger partial charge in [0.1, 0.15) is 17.6 Å². The topological polar surface area (TPSA) is 79.3 Å². The number of carbonyl (C=O) groups excluding carboxylic acids is 2. The zero-order valence-corrected chi connectivity index (χ0v) is 18.8. The summed E-state index contributed by atoms with van der Waals surface area (Å²) in [5, 5.41) is 13.1. The van der Waals surface area contributed by atoms with Gasteiger partial charge in [0.15, 0.2) is 0 Å². The van der Waals surface area contributed by atoms with Gasteiger partial charge in [-0.25, -0.2) is 0 Å². The first kappa shape index (κ1) is 21.2. The number of aliphatic hydroxyl groups excluding tert-OH is 1. The van der Waals surface area contributed by atoms with Gasteiger partial charge in [0.25, 0.3) is 11.7 Å². The maximum atomic E-state index is 13.1. The van der Waals surface area contributed by atoms with E-state index in [-0.39, 0.29) is 17.4 Å². The number of amides is 1. The maximum absolute atomic E-state index is 13.1. The summed E-state index contributed by atoms with van der Waals surface area (Å²) < 4.78 is 11.2. The lowest BCUT2D eigenvalue weighted by molar-refractivity contribution is -0.140. The lowest BCUT2D eigenvalue weighted by atomic mass is 9.98. The zero-order chi connectivity index (χ0) is 22.2. The number of likely N-dealkylation sites (tertiary alicyclic amines) is 1. The number of morpholine rings is 1. The largest absolute Gasteiger partial charge is 0.507 e. The monoisotopic (exact) mass is 454 g/mol. The standard InChI is InChI=1S/C24H26N2O5S/c1-15-13-17-14-16(4-5-18(17)31-15)22(27)20-21(19-3-2-12-32-19)26(24(29)23(20)28)7-6-25-8-10-30-11-9-25/h2-5,12,14-15,21,27H,6-11,13H2,1H3. The number of carbonyl (C=O) groups is 2. The number of Topliss-reactive ketones (excluding diaryl/α,β-unsaturated/α-hetero) is 1. The van der Waals surface area contributed by atoms with Gasteiger partial charge in [0.2, 0.25) is 0 Å². The van der Waals surface area contributed by atoms with Gasteiger partial charge in [0.05, 0.1) is 24.8 Å². The van der Waals surface area contributed by atoms with Crippen LogP contribution in [0.3, 0.4) is 0 Å². The highest BCUT2D eigenvalue weighted by Gasteiger charge is 2.46. The Morgan fingerprint density at radius 3 is 2.75 bits per heavy atom. The van der Waals surface area contributed by atoms with E-state index < -0.39 is 17.7 Å². The fourth-order valence-electron chi connectivity index (χ4n) is 4.65. The molecule has 2 aromatic rings. The molecule has 1 aromatic carbocycles. The molecule has 2 saturated heterocycles. The normalized spacial score (nSPS) is 25.2. The van der Waals surface area contributed by atoms with Crippen molar-refractivity contribution in [3.63, 3.8) is 0 Å². The van der Waals surface area contributed by atoms with Gasteiger partial charge in [-0.05, 0) is 42.1 Å². The van der Waals surface area contributed by atoms with E-state index in [1.54, 1.807) is 11.0 Å². The van der Waals surface area contributed by atoms with E-state index in [9.17, 15) is 14.7 Å². The number of rotatable bonds is 5. The number of ketones is 1. The Bertz CT molecular complexity index is 1060. The Morgan fingerprint density at radius 2 is 2.00 bits per heavy atom. The molecule has 168 valence electrons. The maximum Gasteiger partial charge on any atom is 0.295 e. The molecule has 0 saturated carbocycles. The summed E-state index contributed by atoms with van der Waals surface area (Å²) >= 11 is 1.48. The van der Waals surface area contributed by atoms with E-state index in [0.29, 0.717) is 31.9 Å². The number of hydrogen-bond donors (Lipinski definition) is 1. The Labute approximate surface area is 190 Å². The smallest absolute Gasteiger partial charge is 0.295 e. The highest BCUT2D eigenvalue weighted by atomic mass is 32.1. The summed E-state index contributed by atoms with van der Waals surface area (Å²) in [7, 11) is 0. The Kier molecular flexibility index (Phi) is 5.75. The van der Waals surface area contributed by atoms with Crippen molar-refractivity contribution in [2.45, 2.75) is 25.5 Å². The minimum atomic E-state index is -0.631. The van der Waals surface area contributed by atoms with Crippen LogP contribution in [0.1, 0.15) is 29.0 Å². The molecule has 0 bridgehead atoms. The van der Waals surface area contributed by atoms with Crippen LogP contribution in [-0.4, -0.2) is 72.1 Å². The zero-order valence-electron chi connectivity index (χ0n) is 18.0. The second kappa shape index (κ2) is 8.69. The second-order valence-corrected chi connectivity index (χ2v) is 9.40. The minimum absolute atomic E-state index is 0.0827. The molecule has 3 aliphatic rings. The van der Waals surface area contributed by atoms with Gasteiger partial charge >= 0.3 is 0 Å². The summed E-state index contributed by atoms with van der Waals surface area (Å²) in [6.45, 7) is 6.04. The average Bonchev–Trinajstić information content (AvgIpc) is 3.51. The van der Waals surface area contributed by atoms with Crippen molar-refractivity contribution in [2.75, 3.05) is 39.4 Å². The van der Waals surface area contributed by atoms with Crippen LogP contribution < -0.4 is 4.74 Å². The number of thiophene rings is 1. The molecule has 3 aliphatic heterocycles. The first-order valence-corrected chi connectivity index (χ1v) is 11.8. The van der Waals surface area contributed by atoms with Crippen LogP contribution in [0.5, 0.6) is 5.75 Å². The molecule has 32 heavy (non-hydrogen) atoms. The van der Waals surface area contributed by atoms with E-state index in [0.717, 1.165) is 35.7 Å². The Hall–Kier alpha value is -2.68. The summed E-state index contributed by atoms with van der Waals surface area (Å²) in [4.78, 5) is 30.8. The Balaban J connectivity index is 1.49. The van der Waals surface area contributed by atoms with Gasteiger partial charge in [-0.2, -0.15) is 0 Å². The molecular weight excluding hydrogens is 428 g/mol. The fraction of sp³-hybridized carbons (Fsp3) is 0.417. The number of aliphatic hydroxyl groups is 1. The SMILES string of the molecule is CC1Cc2cc(C(O)=C3C(=O)C(=O)N(CCN4CCOCC4)C3c3cccs3)ccc2O1. The average molecular weight is 455 g/mol. The summed E-state index contributed by atoms with van der Waals surface area (Å²) in [6.07, 6.45) is 0.831. The summed E-state index contributed by atoms with van der Waals surface area (Å²) in [5.41, 5.74) is 1.69. The lowest BCUT2D eigenvalue weighted by Crippen LogP contribution is -2.42. The molecule has 1 N–H and O–H groups in total. The van der Waals surface area contributed by atoms with Crippen LogP contribution in [0.15, 0.2) is 41.3 Å². The predicted octanol–water partition coefficient (Wildman–Crippen LogP) is 2.83. The van der Waals surface area contributed by atoms with E-state index in [2.05, 4.69) is 4.90 Å². The second-order valence-electron chi connectivity index (χ2n) is 8.42. The van der Waals surface area contributed by atoms with Gasteiger partial charge in [0, 0.05) is 43.0 Å². The number of benzene rings is 1. The van der Waals surface area contributed by atoms with Crippen LogP contribution in [0.2, 0.25) is 0 Å². The molecule has 2 unspecified atom stereocenters. The van der Waals surface area contributed by atoms with Crippen molar-refractivity contribution in [3.8, 4) is 5.75 Å². The van der Waals surface area contributed by atoms with Crippen LogP contribution in [0, 0.1) is 0 Å². The molecule has 5 rings (SSSR count). The highest BCUT2D eigenvalue weighted by molar-refractivity contribution is 7.10. The quantitative estimate of drug-likeness (QED) is 0.425. The number of hydrogen-bond acceptors (Lipinski definition) is 7. The third-order valence-electron chi connectivity index (χ3n) is 6.28. The third kappa shape index (κ3) is 3.83. The number of ether oxygens (including phenoxy) is 2. The predicted molar refractivity (Wildman–Crippen MR) is 121 cm³/mol. The van der Waals surface area contributed by atoms with Crippen LogP contribution >= 0.6 is 11.3 Å². The molecule has 8 heteroatoms. The lowest BCUT2D eigenvalue weighted by Gasteiger charge is -2.30. The first-order valence-electron chi connectivity index (χ1n) is 10.9. The van der Waals surface area contributed by atoms with Gasteiger partial charge in [-0.15, -0.1) is 11.3 Å². The van der Waals surface area contributed by atoms with Crippen molar-refractivity contribution in [1.82, 2.24) is 9.80 Å². The van der Waals surface area contributed by atoms with Crippen LogP contribution in [0.25, 0.3) is 5.76 Å². The van der Waals surface area contributed by atoms with Gasteiger partial charge < -0.3 is 19.5 Å². The van der Waals surface area contributed by atoms with Crippen molar-refractivity contribution >= 4 is 28.8 Å². The molecule has 1 amide bonds.